The van der Waals surface area contributed by atoms with Gasteiger partial charge in [-0.05, 0) is 40.9 Å². The maximum absolute atomic E-state index is 12.6. The quantitative estimate of drug-likeness (QED) is 0.888. The molecule has 2 aromatic rings. The minimum Gasteiger partial charge on any atom is -0.384 e. The molecule has 20 heavy (non-hydrogen) atoms. The molecular formula is C13H13F2NO2S2. The van der Waals surface area contributed by atoms with E-state index in [0.717, 1.165) is 5.56 Å². The van der Waals surface area contributed by atoms with E-state index in [2.05, 4.69) is 5.32 Å². The molecule has 0 amide bonds. The number of benzene rings is 1. The molecule has 7 heteroatoms. The van der Waals surface area contributed by atoms with Gasteiger partial charge in [-0.25, -0.2) is 8.42 Å². The second kappa shape index (κ2) is 6.32. The fourth-order valence-corrected chi connectivity index (χ4v) is 3.34. The van der Waals surface area contributed by atoms with Gasteiger partial charge >= 0.3 is 5.76 Å². The van der Waals surface area contributed by atoms with Crippen molar-refractivity contribution in [2.24, 2.45) is 0 Å². The average molecular weight is 317 g/mol. The van der Waals surface area contributed by atoms with Crippen molar-refractivity contribution in [2.45, 2.75) is 17.1 Å². The van der Waals surface area contributed by atoms with E-state index in [1.54, 1.807) is 17.4 Å². The zero-order chi connectivity index (χ0) is 14.6. The number of para-hydroxylation sites is 1. The lowest BCUT2D eigenvalue weighted by Gasteiger charge is -2.11. The first-order chi connectivity index (χ1) is 9.51. The lowest BCUT2D eigenvalue weighted by atomic mass is 10.2. The van der Waals surface area contributed by atoms with Crippen LogP contribution in [0.4, 0.5) is 14.5 Å². The van der Waals surface area contributed by atoms with Crippen LogP contribution in [0.15, 0.2) is 46.0 Å². The van der Waals surface area contributed by atoms with Crippen molar-refractivity contribution in [1.82, 2.24) is 0 Å². The molecule has 2 rings (SSSR count). The van der Waals surface area contributed by atoms with Crippen molar-refractivity contribution in [2.75, 3.05) is 11.9 Å². The number of sulfone groups is 1. The lowest BCUT2D eigenvalue weighted by Crippen LogP contribution is -2.15. The number of anilines is 1. The molecule has 1 aromatic carbocycles. The molecule has 1 aromatic heterocycles. The molecule has 0 spiro atoms. The van der Waals surface area contributed by atoms with Crippen molar-refractivity contribution in [3.63, 3.8) is 0 Å². The molecule has 0 aliphatic heterocycles. The van der Waals surface area contributed by atoms with Crippen LogP contribution < -0.4 is 5.32 Å². The van der Waals surface area contributed by atoms with Gasteiger partial charge in [-0.3, -0.25) is 0 Å². The van der Waals surface area contributed by atoms with Gasteiger partial charge in [-0.15, -0.1) is 0 Å². The third-order valence-electron chi connectivity index (χ3n) is 2.74. The monoisotopic (exact) mass is 317 g/mol. The largest absolute Gasteiger partial charge is 0.384 e. The topological polar surface area (TPSA) is 46.2 Å². The molecule has 0 atom stereocenters. The summed E-state index contributed by atoms with van der Waals surface area (Å²) in [6.07, 6.45) is 0.701. The molecule has 0 saturated carbocycles. The first-order valence-electron chi connectivity index (χ1n) is 5.88. The fourth-order valence-electron chi connectivity index (χ4n) is 1.73. The van der Waals surface area contributed by atoms with Crippen molar-refractivity contribution < 1.29 is 17.2 Å². The molecular weight excluding hydrogens is 304 g/mol. The Hall–Kier alpha value is -1.47. The number of nitrogens with one attached hydrogen (secondary N) is 1. The summed E-state index contributed by atoms with van der Waals surface area (Å²) < 4.78 is 48.3. The molecule has 0 radical (unpaired) electrons. The zero-order valence-electron chi connectivity index (χ0n) is 10.4. The van der Waals surface area contributed by atoms with Crippen LogP contribution in [-0.2, 0) is 16.3 Å². The summed E-state index contributed by atoms with van der Waals surface area (Å²) in [7, 11) is -4.59. The van der Waals surface area contributed by atoms with Gasteiger partial charge in [0.2, 0.25) is 9.84 Å². The number of hydrogen-bond donors (Lipinski definition) is 1. The van der Waals surface area contributed by atoms with Gasteiger partial charge < -0.3 is 5.32 Å². The summed E-state index contributed by atoms with van der Waals surface area (Å²) in [5.41, 5.74) is 1.33. The van der Waals surface area contributed by atoms with E-state index in [4.69, 9.17) is 0 Å². The molecule has 0 bridgehead atoms. The van der Waals surface area contributed by atoms with Gasteiger partial charge in [-0.1, -0.05) is 12.1 Å². The molecule has 0 fully saturated rings. The van der Waals surface area contributed by atoms with Crippen LogP contribution in [-0.4, -0.2) is 20.7 Å². The molecule has 1 N–H and O–H groups in total. The van der Waals surface area contributed by atoms with Gasteiger partial charge in [0.1, 0.15) is 0 Å². The maximum Gasteiger partial charge on any atom is 0.341 e. The van der Waals surface area contributed by atoms with Gasteiger partial charge in [0.25, 0.3) is 0 Å². The highest BCUT2D eigenvalue weighted by atomic mass is 32.2. The summed E-state index contributed by atoms with van der Waals surface area (Å²) in [5.74, 6) is -3.41. The van der Waals surface area contributed by atoms with Crippen LogP contribution in [0.2, 0.25) is 0 Å². The molecule has 0 aliphatic carbocycles. The highest BCUT2D eigenvalue weighted by molar-refractivity contribution is 7.91. The molecule has 0 aliphatic rings. The Kier molecular flexibility index (Phi) is 4.72. The first-order valence-corrected chi connectivity index (χ1v) is 8.37. The third kappa shape index (κ3) is 3.34. The Balaban J connectivity index is 2.12. The highest BCUT2D eigenvalue weighted by Crippen LogP contribution is 2.26. The molecule has 108 valence electrons. The van der Waals surface area contributed by atoms with Gasteiger partial charge in [-0.2, -0.15) is 20.1 Å². The van der Waals surface area contributed by atoms with Crippen LogP contribution >= 0.6 is 11.3 Å². The second-order valence-electron chi connectivity index (χ2n) is 4.11. The van der Waals surface area contributed by atoms with E-state index in [-0.39, 0.29) is 10.6 Å². The second-order valence-corrected chi connectivity index (χ2v) is 6.78. The van der Waals surface area contributed by atoms with E-state index < -0.39 is 15.6 Å². The number of halogens is 2. The van der Waals surface area contributed by atoms with Crippen molar-refractivity contribution >= 4 is 26.9 Å². The number of hydrogen-bond acceptors (Lipinski definition) is 4. The maximum atomic E-state index is 12.6. The van der Waals surface area contributed by atoms with Crippen LogP contribution in [0.3, 0.4) is 0 Å². The smallest absolute Gasteiger partial charge is 0.341 e. The third-order valence-corrected chi connectivity index (χ3v) is 4.91. The Bertz CT molecular complexity index is 655. The minimum atomic E-state index is -4.59. The summed E-state index contributed by atoms with van der Waals surface area (Å²) in [6.45, 7) is 0.479. The van der Waals surface area contributed by atoms with Crippen molar-refractivity contribution in [3.8, 4) is 0 Å². The molecule has 0 saturated heterocycles. The predicted octanol–water partition coefficient (Wildman–Crippen LogP) is 3.40. The van der Waals surface area contributed by atoms with Crippen LogP contribution in [0.5, 0.6) is 0 Å². The summed E-state index contributed by atoms with van der Waals surface area (Å²) >= 11 is 1.57. The van der Waals surface area contributed by atoms with Crippen molar-refractivity contribution in [1.29, 1.82) is 0 Å². The summed E-state index contributed by atoms with van der Waals surface area (Å²) in [4.78, 5) is -0.361. The Morgan fingerprint density at radius 2 is 1.95 bits per heavy atom. The normalized spacial score (nSPS) is 11.8. The highest BCUT2D eigenvalue weighted by Gasteiger charge is 2.28. The summed E-state index contributed by atoms with van der Waals surface area (Å²) in [5, 5.41) is 6.84. The standard InChI is InChI=1S/C13H13F2NO2S2/c14-13(15)20(17,18)12-4-2-1-3-11(12)16-7-5-10-6-8-19-9-10/h1-4,6,8-9,13,16H,5,7H2. The van der Waals surface area contributed by atoms with Crippen LogP contribution in [0.25, 0.3) is 0 Å². The predicted molar refractivity (Wildman–Crippen MR) is 76.1 cm³/mol. The number of alkyl halides is 2. The van der Waals surface area contributed by atoms with Gasteiger partial charge in [0.15, 0.2) is 0 Å². The zero-order valence-corrected chi connectivity index (χ0v) is 12.1. The van der Waals surface area contributed by atoms with Crippen LogP contribution in [0.1, 0.15) is 5.56 Å². The number of thiophene rings is 1. The van der Waals surface area contributed by atoms with E-state index >= 15 is 0 Å². The van der Waals surface area contributed by atoms with E-state index in [1.807, 2.05) is 16.8 Å². The van der Waals surface area contributed by atoms with Crippen molar-refractivity contribution in [3.05, 3.63) is 46.7 Å². The Morgan fingerprint density at radius 3 is 2.60 bits per heavy atom. The lowest BCUT2D eigenvalue weighted by molar-refractivity contribution is 0.235. The molecule has 1 heterocycles. The summed E-state index contributed by atoms with van der Waals surface area (Å²) in [6, 6.07) is 7.68. The fraction of sp³-hybridized carbons (Fsp3) is 0.231. The average Bonchev–Trinajstić information content (AvgIpc) is 2.92. The van der Waals surface area contributed by atoms with Gasteiger partial charge in [0.05, 0.1) is 10.6 Å². The SMILES string of the molecule is O=S(=O)(c1ccccc1NCCc1ccsc1)C(F)F. The van der Waals surface area contributed by atoms with E-state index in [9.17, 15) is 17.2 Å². The molecule has 0 unspecified atom stereocenters. The number of rotatable bonds is 6. The first kappa shape index (κ1) is 14.9. The minimum absolute atomic E-state index is 0.211. The van der Waals surface area contributed by atoms with E-state index in [1.165, 1.54) is 18.2 Å². The van der Waals surface area contributed by atoms with Gasteiger partial charge in [0, 0.05) is 6.54 Å². The van der Waals surface area contributed by atoms with E-state index in [0.29, 0.717) is 13.0 Å². The Morgan fingerprint density at radius 1 is 1.20 bits per heavy atom. The molecule has 3 nitrogen and oxygen atoms in total. The van der Waals surface area contributed by atoms with Crippen LogP contribution in [0, 0.1) is 0 Å². The Labute approximate surface area is 120 Å².